The van der Waals surface area contributed by atoms with E-state index >= 15 is 0 Å². The van der Waals surface area contributed by atoms with E-state index in [1.54, 1.807) is 24.3 Å². The summed E-state index contributed by atoms with van der Waals surface area (Å²) in [5, 5.41) is 12.1. The van der Waals surface area contributed by atoms with Gasteiger partial charge in [-0.1, -0.05) is 29.8 Å². The van der Waals surface area contributed by atoms with E-state index < -0.39 is 17.6 Å². The molecule has 0 radical (unpaired) electrons. The monoisotopic (exact) mass is 296 g/mol. The number of hydrogen-bond donors (Lipinski definition) is 3. The number of nitrogens with two attached hydrogens (primary N) is 1. The molecule has 108 valence electrons. The minimum atomic E-state index is -1.15. The molecule has 1 fully saturated rings. The number of carbonyl (C=O) groups is 2. The molecule has 2 rings (SSSR count). The van der Waals surface area contributed by atoms with E-state index in [4.69, 9.17) is 17.3 Å². The number of halogens is 1. The largest absolute Gasteiger partial charge is 0.479 e. The van der Waals surface area contributed by atoms with Gasteiger partial charge >= 0.3 is 5.97 Å². The van der Waals surface area contributed by atoms with E-state index in [2.05, 4.69) is 5.32 Å². The number of carboxylic acid groups (broad SMARTS) is 1. The van der Waals surface area contributed by atoms with Crippen LogP contribution < -0.4 is 11.1 Å². The summed E-state index contributed by atoms with van der Waals surface area (Å²) in [6, 6.07) is 5.41. The number of benzene rings is 1. The van der Waals surface area contributed by atoms with Gasteiger partial charge in [-0.2, -0.15) is 0 Å². The summed E-state index contributed by atoms with van der Waals surface area (Å²) < 4.78 is 0. The van der Waals surface area contributed by atoms with Crippen molar-refractivity contribution in [3.63, 3.8) is 0 Å². The first-order valence-electron chi connectivity index (χ1n) is 6.47. The van der Waals surface area contributed by atoms with Crippen molar-refractivity contribution in [2.45, 2.75) is 37.3 Å². The summed E-state index contributed by atoms with van der Waals surface area (Å²) in [6.45, 7) is 0. The molecule has 4 N–H and O–H groups in total. The minimum Gasteiger partial charge on any atom is -0.479 e. The van der Waals surface area contributed by atoms with E-state index in [-0.39, 0.29) is 12.3 Å². The molecule has 0 unspecified atom stereocenters. The van der Waals surface area contributed by atoms with Gasteiger partial charge in [-0.05, 0) is 25.3 Å². The Labute approximate surface area is 122 Å². The second kappa shape index (κ2) is 5.81. The van der Waals surface area contributed by atoms with Crippen LogP contribution in [0.2, 0.25) is 5.02 Å². The lowest BCUT2D eigenvalue weighted by Gasteiger charge is -2.37. The van der Waals surface area contributed by atoms with E-state index in [1.807, 2.05) is 0 Å². The Hall–Kier alpha value is -1.59. The van der Waals surface area contributed by atoms with Crippen molar-refractivity contribution in [2.75, 3.05) is 0 Å². The Bertz CT molecular complexity index is 529. The standard InChI is InChI=1S/C14H17ClN2O3/c15-10-5-2-1-4-9(10)12(13(19)20)17-11(18)8-14(16)6-3-7-14/h1-2,4-5,12H,3,6-8,16H2,(H,17,18)(H,19,20)/t12-/m1/s1. The van der Waals surface area contributed by atoms with Crippen LogP contribution in [0.1, 0.15) is 37.3 Å². The number of aliphatic carboxylic acids is 1. The highest BCUT2D eigenvalue weighted by Gasteiger charge is 2.36. The van der Waals surface area contributed by atoms with Gasteiger partial charge in [0.15, 0.2) is 6.04 Å². The third-order valence-electron chi connectivity index (χ3n) is 3.63. The highest BCUT2D eigenvalue weighted by atomic mass is 35.5. The zero-order valence-corrected chi connectivity index (χ0v) is 11.7. The van der Waals surface area contributed by atoms with Gasteiger partial charge in [0.1, 0.15) is 0 Å². The molecule has 0 aliphatic heterocycles. The molecule has 6 heteroatoms. The van der Waals surface area contributed by atoms with Gasteiger partial charge in [-0.15, -0.1) is 0 Å². The molecule has 0 bridgehead atoms. The summed E-state index contributed by atoms with van der Waals surface area (Å²) in [5.74, 6) is -1.51. The fourth-order valence-electron chi connectivity index (χ4n) is 2.32. The number of hydrogen-bond acceptors (Lipinski definition) is 3. The van der Waals surface area contributed by atoms with Crippen LogP contribution in [0.15, 0.2) is 24.3 Å². The molecule has 5 nitrogen and oxygen atoms in total. The van der Waals surface area contributed by atoms with Gasteiger partial charge in [0.25, 0.3) is 0 Å². The lowest BCUT2D eigenvalue weighted by molar-refractivity contribution is -0.142. The normalized spacial score (nSPS) is 17.9. The van der Waals surface area contributed by atoms with Crippen LogP contribution in [0.25, 0.3) is 0 Å². The molecular formula is C14H17ClN2O3. The molecule has 1 amide bonds. The van der Waals surface area contributed by atoms with Gasteiger partial charge in [0, 0.05) is 22.5 Å². The molecule has 0 heterocycles. The van der Waals surface area contributed by atoms with Crippen LogP contribution in [-0.4, -0.2) is 22.5 Å². The average molecular weight is 297 g/mol. The zero-order chi connectivity index (χ0) is 14.8. The molecule has 1 atom stereocenters. The number of amides is 1. The van der Waals surface area contributed by atoms with Crippen LogP contribution in [0.4, 0.5) is 0 Å². The predicted molar refractivity (Wildman–Crippen MR) is 75.4 cm³/mol. The second-order valence-electron chi connectivity index (χ2n) is 5.25. The van der Waals surface area contributed by atoms with Gasteiger partial charge in [-0.25, -0.2) is 4.79 Å². The van der Waals surface area contributed by atoms with Crippen molar-refractivity contribution >= 4 is 23.5 Å². The maximum Gasteiger partial charge on any atom is 0.330 e. The van der Waals surface area contributed by atoms with Crippen LogP contribution in [0, 0.1) is 0 Å². The molecule has 1 aromatic rings. The van der Waals surface area contributed by atoms with E-state index in [9.17, 15) is 14.7 Å². The van der Waals surface area contributed by atoms with Crippen LogP contribution in [-0.2, 0) is 9.59 Å². The maximum atomic E-state index is 12.0. The molecule has 1 aliphatic rings. The van der Waals surface area contributed by atoms with Gasteiger partial charge in [0.2, 0.25) is 5.91 Å². The summed E-state index contributed by atoms with van der Waals surface area (Å²) in [6.07, 6.45) is 2.74. The van der Waals surface area contributed by atoms with Crippen molar-refractivity contribution in [1.82, 2.24) is 5.32 Å². The van der Waals surface area contributed by atoms with E-state index in [0.717, 1.165) is 19.3 Å². The summed E-state index contributed by atoms with van der Waals surface area (Å²) >= 11 is 5.98. The molecule has 20 heavy (non-hydrogen) atoms. The second-order valence-corrected chi connectivity index (χ2v) is 5.66. The summed E-state index contributed by atoms with van der Waals surface area (Å²) in [5.41, 5.74) is 5.88. The van der Waals surface area contributed by atoms with Crippen LogP contribution >= 0.6 is 11.6 Å². The first-order valence-corrected chi connectivity index (χ1v) is 6.85. The van der Waals surface area contributed by atoms with E-state index in [0.29, 0.717) is 10.6 Å². The lowest BCUT2D eigenvalue weighted by Crippen LogP contribution is -2.50. The Balaban J connectivity index is 2.08. The van der Waals surface area contributed by atoms with Crippen LogP contribution in [0.3, 0.4) is 0 Å². The van der Waals surface area contributed by atoms with Crippen molar-refractivity contribution in [2.24, 2.45) is 5.73 Å². The number of carboxylic acids is 1. The molecule has 1 saturated carbocycles. The molecule has 0 saturated heterocycles. The highest BCUT2D eigenvalue weighted by molar-refractivity contribution is 6.31. The van der Waals surface area contributed by atoms with Crippen LogP contribution in [0.5, 0.6) is 0 Å². The van der Waals surface area contributed by atoms with Crippen molar-refractivity contribution in [3.8, 4) is 0 Å². The van der Waals surface area contributed by atoms with E-state index in [1.165, 1.54) is 0 Å². The molecular weight excluding hydrogens is 280 g/mol. The third kappa shape index (κ3) is 3.29. The number of rotatable bonds is 5. The van der Waals surface area contributed by atoms with Gasteiger partial charge in [-0.3, -0.25) is 4.79 Å². The smallest absolute Gasteiger partial charge is 0.330 e. The Kier molecular flexibility index (Phi) is 4.30. The Morgan fingerprint density at radius 3 is 2.55 bits per heavy atom. The lowest BCUT2D eigenvalue weighted by atomic mass is 9.75. The Morgan fingerprint density at radius 1 is 1.40 bits per heavy atom. The number of carbonyl (C=O) groups excluding carboxylic acids is 1. The molecule has 0 aromatic heterocycles. The number of nitrogens with one attached hydrogen (secondary N) is 1. The third-order valence-corrected chi connectivity index (χ3v) is 3.97. The quantitative estimate of drug-likeness (QED) is 0.773. The van der Waals surface area contributed by atoms with Gasteiger partial charge in [0.05, 0.1) is 0 Å². The molecule has 1 aromatic carbocycles. The zero-order valence-electron chi connectivity index (χ0n) is 10.9. The minimum absolute atomic E-state index is 0.140. The summed E-state index contributed by atoms with van der Waals surface area (Å²) in [4.78, 5) is 23.3. The van der Waals surface area contributed by atoms with Crippen molar-refractivity contribution in [1.29, 1.82) is 0 Å². The topological polar surface area (TPSA) is 92.4 Å². The fraction of sp³-hybridized carbons (Fsp3) is 0.429. The first kappa shape index (κ1) is 14.8. The van der Waals surface area contributed by atoms with Gasteiger partial charge < -0.3 is 16.2 Å². The fourth-order valence-corrected chi connectivity index (χ4v) is 2.57. The molecule has 0 spiro atoms. The predicted octanol–water partition coefficient (Wildman–Crippen LogP) is 1.85. The van der Waals surface area contributed by atoms with Crippen molar-refractivity contribution in [3.05, 3.63) is 34.9 Å². The Morgan fingerprint density at radius 2 is 2.05 bits per heavy atom. The maximum absolute atomic E-state index is 12.0. The summed E-state index contributed by atoms with van der Waals surface area (Å²) in [7, 11) is 0. The SMILES string of the molecule is NC1(CC(=O)N[C@@H](C(=O)O)c2ccccc2Cl)CCC1. The van der Waals surface area contributed by atoms with Crippen molar-refractivity contribution < 1.29 is 14.7 Å². The first-order chi connectivity index (χ1) is 9.41. The molecule has 1 aliphatic carbocycles. The average Bonchev–Trinajstić information content (AvgIpc) is 2.35. The highest BCUT2D eigenvalue weighted by Crippen LogP contribution is 2.32.